The second-order valence-electron chi connectivity index (χ2n) is 12.4. The quantitative estimate of drug-likeness (QED) is 0.161. The van der Waals surface area contributed by atoms with Crippen molar-refractivity contribution in [1.82, 2.24) is 24.1 Å². The van der Waals surface area contributed by atoms with Crippen LogP contribution in [0.2, 0.25) is 10.0 Å². The summed E-state index contributed by atoms with van der Waals surface area (Å²) in [7, 11) is 0. The Labute approximate surface area is 295 Å². The van der Waals surface area contributed by atoms with Crippen molar-refractivity contribution in [3.8, 4) is 11.4 Å². The number of halogens is 2. The van der Waals surface area contributed by atoms with E-state index in [1.54, 1.807) is 32.5 Å². The molecule has 2 fully saturated rings. The second kappa shape index (κ2) is 14.3. The van der Waals surface area contributed by atoms with Crippen LogP contribution in [0.25, 0.3) is 5.69 Å². The van der Waals surface area contributed by atoms with Crippen LogP contribution in [0.15, 0.2) is 96.3 Å². The van der Waals surface area contributed by atoms with Gasteiger partial charge in [0.15, 0.2) is 0 Å². The molecule has 4 heterocycles. The minimum absolute atomic E-state index is 0.0661. The van der Waals surface area contributed by atoms with Crippen LogP contribution in [0, 0.1) is 0 Å². The monoisotopic (exact) mass is 703 g/mol. The van der Waals surface area contributed by atoms with E-state index in [2.05, 4.69) is 44.3 Å². The lowest BCUT2D eigenvalue weighted by Gasteiger charge is -2.37. The molecule has 0 amide bonds. The zero-order chi connectivity index (χ0) is 34.0. The fourth-order valence-electron chi connectivity index (χ4n) is 6.31. The van der Waals surface area contributed by atoms with Crippen molar-refractivity contribution in [1.29, 1.82) is 0 Å². The van der Waals surface area contributed by atoms with Crippen LogP contribution in [-0.4, -0.2) is 69.6 Å². The third kappa shape index (κ3) is 7.21. The highest BCUT2D eigenvalue weighted by molar-refractivity contribution is 6.34. The highest BCUT2D eigenvalue weighted by Gasteiger charge is 2.44. The molecular weight excluding hydrogens is 665 g/mol. The van der Waals surface area contributed by atoms with Gasteiger partial charge in [-0.05, 0) is 86.1 Å². The average molecular weight is 705 g/mol. The van der Waals surface area contributed by atoms with E-state index in [1.807, 2.05) is 62.5 Å². The van der Waals surface area contributed by atoms with Gasteiger partial charge in [-0.2, -0.15) is 10.2 Å². The molecule has 3 aromatic carbocycles. The van der Waals surface area contributed by atoms with Gasteiger partial charge >= 0.3 is 5.69 Å². The van der Waals surface area contributed by atoms with E-state index in [0.717, 1.165) is 61.0 Å². The average Bonchev–Trinajstić information content (AvgIpc) is 3.88. The number of ether oxygens (including phenoxy) is 3. The number of anilines is 2. The van der Waals surface area contributed by atoms with Gasteiger partial charge < -0.3 is 24.0 Å². The van der Waals surface area contributed by atoms with Crippen molar-refractivity contribution in [2.45, 2.75) is 44.7 Å². The minimum Gasteiger partial charge on any atom is -0.491 e. The summed E-state index contributed by atoms with van der Waals surface area (Å²) in [4.78, 5) is 17.6. The summed E-state index contributed by atoms with van der Waals surface area (Å²) in [6.07, 6.45) is 5.72. The van der Waals surface area contributed by atoms with Crippen molar-refractivity contribution < 1.29 is 14.2 Å². The fraction of sp³-hybridized carbons (Fsp3) is 0.361. The van der Waals surface area contributed by atoms with Crippen LogP contribution < -0.4 is 20.2 Å². The van der Waals surface area contributed by atoms with Gasteiger partial charge in [-0.15, -0.1) is 0 Å². The van der Waals surface area contributed by atoms with Gasteiger partial charge in [0.2, 0.25) is 5.79 Å². The smallest absolute Gasteiger partial charge is 0.350 e. The summed E-state index contributed by atoms with van der Waals surface area (Å²) in [5, 5.41) is 9.65. The summed E-state index contributed by atoms with van der Waals surface area (Å²) < 4.78 is 23.8. The lowest BCUT2D eigenvalue weighted by molar-refractivity contribution is -0.190. The number of hydrogen-bond donors (Lipinski definition) is 0. The second-order valence-corrected chi connectivity index (χ2v) is 13.3. The van der Waals surface area contributed by atoms with E-state index < -0.39 is 5.79 Å². The van der Waals surface area contributed by atoms with Crippen LogP contribution in [-0.2, 0) is 21.8 Å². The molecule has 0 bridgehead atoms. The molecule has 3 atom stereocenters. The highest BCUT2D eigenvalue weighted by Crippen LogP contribution is 2.38. The molecule has 256 valence electrons. The minimum atomic E-state index is -1.10. The molecule has 2 aromatic heterocycles. The summed E-state index contributed by atoms with van der Waals surface area (Å²) in [5.74, 6) is -0.338. The molecule has 0 saturated carbocycles. The van der Waals surface area contributed by atoms with E-state index in [0.29, 0.717) is 29.8 Å². The van der Waals surface area contributed by atoms with E-state index in [4.69, 9.17) is 37.4 Å². The van der Waals surface area contributed by atoms with Crippen molar-refractivity contribution >= 4 is 34.6 Å². The van der Waals surface area contributed by atoms with Gasteiger partial charge in [-0.25, -0.2) is 14.0 Å². The molecular formula is C36H39Cl2N7O4. The Morgan fingerprint density at radius 3 is 2.16 bits per heavy atom. The standard InChI is InChI=1S/C36H39Cl2N7O4/c1-3-26(2)45-35(46)44(25-40-45)32-7-5-30(6-8-32)41-15-17-42(18-16-41)31-9-11-33(12-10-31)47-22-34-23-48-36(49-34,24-43-14-4-13-39-43)27-19-28(37)21-29(38)20-27/h4-14,19-21,25-26,34H,3,15-18,22-24H2,1-2H3/t26?,34-,36-/m1/s1. The molecule has 0 N–H and O–H groups in total. The molecule has 13 heteroatoms. The zero-order valence-electron chi connectivity index (χ0n) is 27.5. The number of aromatic nitrogens is 5. The van der Waals surface area contributed by atoms with Crippen molar-refractivity contribution in [2.24, 2.45) is 0 Å². The normalized spacial score (nSPS) is 20.1. The Kier molecular flexibility index (Phi) is 9.68. The molecule has 5 aromatic rings. The van der Waals surface area contributed by atoms with Gasteiger partial charge in [0, 0.05) is 65.6 Å². The van der Waals surface area contributed by atoms with Crippen LogP contribution >= 0.6 is 23.2 Å². The molecule has 1 unspecified atom stereocenters. The molecule has 49 heavy (non-hydrogen) atoms. The third-order valence-electron chi connectivity index (χ3n) is 9.20. The molecule has 2 aliphatic heterocycles. The lowest BCUT2D eigenvalue weighted by Crippen LogP contribution is -2.46. The topological polar surface area (TPSA) is 91.8 Å². The van der Waals surface area contributed by atoms with E-state index >= 15 is 0 Å². The maximum absolute atomic E-state index is 12.8. The first-order valence-corrected chi connectivity index (χ1v) is 17.3. The first kappa shape index (κ1) is 33.2. The Morgan fingerprint density at radius 2 is 1.55 bits per heavy atom. The number of benzene rings is 3. The Bertz CT molecular complexity index is 1880. The summed E-state index contributed by atoms with van der Waals surface area (Å²) in [6, 6.07) is 23.5. The maximum atomic E-state index is 12.8. The Hall–Kier alpha value is -4.29. The SMILES string of the molecule is CCC(C)n1ncn(-c2ccc(N3CCN(c4ccc(OC[C@@H]5CO[C@@](Cn6cccn6)(c6cc(Cl)cc(Cl)c6)O5)cc4)CC3)cc2)c1=O. The molecule has 0 spiro atoms. The van der Waals surface area contributed by atoms with Gasteiger partial charge in [0.25, 0.3) is 0 Å². The Morgan fingerprint density at radius 1 is 0.918 bits per heavy atom. The van der Waals surface area contributed by atoms with Crippen LogP contribution in [0.4, 0.5) is 11.4 Å². The van der Waals surface area contributed by atoms with Crippen LogP contribution in [0.3, 0.4) is 0 Å². The van der Waals surface area contributed by atoms with E-state index in [-0.39, 0.29) is 17.8 Å². The first-order valence-electron chi connectivity index (χ1n) is 16.6. The largest absolute Gasteiger partial charge is 0.491 e. The van der Waals surface area contributed by atoms with Gasteiger partial charge in [0.1, 0.15) is 24.8 Å². The Balaban J connectivity index is 0.925. The summed E-state index contributed by atoms with van der Waals surface area (Å²) >= 11 is 12.7. The lowest BCUT2D eigenvalue weighted by atomic mass is 10.1. The van der Waals surface area contributed by atoms with Crippen molar-refractivity contribution in [3.05, 3.63) is 118 Å². The number of rotatable bonds is 11. The zero-order valence-corrected chi connectivity index (χ0v) is 29.0. The van der Waals surface area contributed by atoms with Gasteiger partial charge in [0.05, 0.1) is 24.9 Å². The van der Waals surface area contributed by atoms with Crippen molar-refractivity contribution in [2.75, 3.05) is 49.2 Å². The predicted molar refractivity (Wildman–Crippen MR) is 190 cm³/mol. The van der Waals surface area contributed by atoms with E-state index in [9.17, 15) is 4.79 Å². The maximum Gasteiger partial charge on any atom is 0.350 e. The molecule has 11 nitrogen and oxygen atoms in total. The molecule has 0 aliphatic carbocycles. The van der Waals surface area contributed by atoms with Crippen LogP contribution in [0.5, 0.6) is 5.75 Å². The highest BCUT2D eigenvalue weighted by atomic mass is 35.5. The first-order chi connectivity index (χ1) is 23.8. The third-order valence-corrected chi connectivity index (χ3v) is 9.64. The molecule has 7 rings (SSSR count). The van der Waals surface area contributed by atoms with Crippen molar-refractivity contribution in [3.63, 3.8) is 0 Å². The van der Waals surface area contributed by atoms with E-state index in [1.165, 1.54) is 0 Å². The molecule has 2 saturated heterocycles. The fourth-order valence-corrected chi connectivity index (χ4v) is 6.84. The summed E-state index contributed by atoms with van der Waals surface area (Å²) in [6.45, 7) is 8.62. The number of piperazine rings is 1. The number of hydrogen-bond acceptors (Lipinski definition) is 8. The van der Waals surface area contributed by atoms with Gasteiger partial charge in [-0.3, -0.25) is 4.68 Å². The van der Waals surface area contributed by atoms with Gasteiger partial charge in [-0.1, -0.05) is 30.1 Å². The summed E-state index contributed by atoms with van der Waals surface area (Å²) in [5.41, 5.74) is 3.72. The van der Waals surface area contributed by atoms with Crippen LogP contribution in [0.1, 0.15) is 31.9 Å². The predicted octanol–water partition coefficient (Wildman–Crippen LogP) is 6.18. The number of nitrogens with zero attached hydrogens (tertiary/aromatic N) is 7. The molecule has 0 radical (unpaired) electrons. The molecule has 2 aliphatic rings.